The van der Waals surface area contributed by atoms with E-state index in [2.05, 4.69) is 73.0 Å². The summed E-state index contributed by atoms with van der Waals surface area (Å²) < 4.78 is 2.13. The Morgan fingerprint density at radius 3 is 2.48 bits per heavy atom. The Bertz CT molecular complexity index is 1150. The molecule has 3 heterocycles. The molecule has 160 valence electrons. The van der Waals surface area contributed by atoms with E-state index in [-0.39, 0.29) is 0 Å². The average Bonchev–Trinajstić information content (AvgIpc) is 3.27. The van der Waals surface area contributed by atoms with Crippen molar-refractivity contribution in [1.29, 1.82) is 0 Å². The molecule has 2 aromatic heterocycles. The molecule has 0 radical (unpaired) electrons. The molecule has 1 fully saturated rings. The zero-order valence-corrected chi connectivity index (χ0v) is 18.0. The third-order valence-electron chi connectivity index (χ3n) is 6.05. The van der Waals surface area contributed by atoms with Crippen molar-refractivity contribution in [3.05, 3.63) is 60.4 Å². The van der Waals surface area contributed by atoms with Gasteiger partial charge in [-0.3, -0.25) is 9.30 Å². The van der Waals surface area contributed by atoms with E-state index in [9.17, 15) is 0 Å². The van der Waals surface area contributed by atoms with Gasteiger partial charge in [0.05, 0.1) is 11.0 Å². The normalized spacial score (nSPS) is 15.1. The number of hydrogen-bond donors (Lipinski definition) is 1. The summed E-state index contributed by atoms with van der Waals surface area (Å²) in [5.74, 6) is 1.78. The Morgan fingerprint density at radius 2 is 1.68 bits per heavy atom. The Balaban J connectivity index is 1.19. The van der Waals surface area contributed by atoms with Gasteiger partial charge in [-0.1, -0.05) is 37.3 Å². The van der Waals surface area contributed by atoms with Crippen LogP contribution in [0.5, 0.6) is 0 Å². The number of fused-ring (bicyclic) bond motifs is 3. The van der Waals surface area contributed by atoms with Crippen LogP contribution in [0.4, 0.5) is 11.5 Å². The number of benzene rings is 2. The molecule has 7 nitrogen and oxygen atoms in total. The summed E-state index contributed by atoms with van der Waals surface area (Å²) >= 11 is 0. The minimum Gasteiger partial charge on any atom is -0.369 e. The quantitative estimate of drug-likeness (QED) is 0.467. The topological polar surface area (TPSA) is 61.6 Å². The summed E-state index contributed by atoms with van der Waals surface area (Å²) in [6.45, 7) is 8.46. The van der Waals surface area contributed by atoms with Crippen LogP contribution in [0.25, 0.3) is 16.7 Å². The highest BCUT2D eigenvalue weighted by Gasteiger charge is 2.17. The molecular formula is C24H29N7. The summed E-state index contributed by atoms with van der Waals surface area (Å²) in [6.07, 6.45) is 1.91. The van der Waals surface area contributed by atoms with Crippen LogP contribution < -0.4 is 10.2 Å². The van der Waals surface area contributed by atoms with Crippen molar-refractivity contribution in [2.24, 2.45) is 0 Å². The Morgan fingerprint density at radius 1 is 0.903 bits per heavy atom. The number of nitrogens with zero attached hydrogens (tertiary/aromatic N) is 6. The van der Waals surface area contributed by atoms with Crippen LogP contribution in [0.3, 0.4) is 0 Å². The minimum absolute atomic E-state index is 0.812. The van der Waals surface area contributed by atoms with Gasteiger partial charge in [0.15, 0.2) is 5.82 Å². The molecule has 1 saturated heterocycles. The van der Waals surface area contributed by atoms with Crippen LogP contribution in [-0.2, 0) is 6.42 Å². The van der Waals surface area contributed by atoms with Crippen molar-refractivity contribution in [3.63, 3.8) is 0 Å². The van der Waals surface area contributed by atoms with Crippen molar-refractivity contribution in [1.82, 2.24) is 24.5 Å². The fourth-order valence-electron chi connectivity index (χ4n) is 4.37. The molecular weight excluding hydrogens is 386 g/mol. The smallest absolute Gasteiger partial charge is 0.204 e. The lowest BCUT2D eigenvalue weighted by Crippen LogP contribution is -2.46. The van der Waals surface area contributed by atoms with E-state index in [1.165, 1.54) is 5.69 Å². The van der Waals surface area contributed by atoms with Gasteiger partial charge in [-0.2, -0.15) is 0 Å². The first-order chi connectivity index (χ1) is 15.3. The van der Waals surface area contributed by atoms with Crippen molar-refractivity contribution < 1.29 is 0 Å². The van der Waals surface area contributed by atoms with Gasteiger partial charge in [-0.05, 0) is 37.2 Å². The molecule has 0 bridgehead atoms. The highest BCUT2D eigenvalue weighted by Crippen LogP contribution is 2.22. The number of anilines is 2. The van der Waals surface area contributed by atoms with Gasteiger partial charge in [-0.15, -0.1) is 10.2 Å². The zero-order chi connectivity index (χ0) is 21.0. The molecule has 0 spiro atoms. The zero-order valence-electron chi connectivity index (χ0n) is 18.0. The van der Waals surface area contributed by atoms with E-state index in [0.29, 0.717) is 0 Å². The van der Waals surface area contributed by atoms with E-state index < -0.39 is 0 Å². The van der Waals surface area contributed by atoms with E-state index in [1.54, 1.807) is 0 Å². The lowest BCUT2D eigenvalue weighted by atomic mass is 10.2. The maximum Gasteiger partial charge on any atom is 0.204 e. The molecule has 31 heavy (non-hydrogen) atoms. The van der Waals surface area contributed by atoms with Gasteiger partial charge in [0.2, 0.25) is 5.65 Å². The third kappa shape index (κ3) is 4.05. The minimum atomic E-state index is 0.812. The van der Waals surface area contributed by atoms with Crippen molar-refractivity contribution >= 4 is 28.2 Å². The molecule has 7 heteroatoms. The first-order valence-electron chi connectivity index (χ1n) is 11.2. The van der Waals surface area contributed by atoms with Gasteiger partial charge in [0.1, 0.15) is 5.82 Å². The summed E-state index contributed by atoms with van der Waals surface area (Å²) in [7, 11) is 0. The van der Waals surface area contributed by atoms with Crippen molar-refractivity contribution in [2.45, 2.75) is 19.8 Å². The Hall–Kier alpha value is -3.19. The van der Waals surface area contributed by atoms with Crippen LogP contribution >= 0.6 is 0 Å². The van der Waals surface area contributed by atoms with Crippen LogP contribution in [0.1, 0.15) is 19.2 Å². The van der Waals surface area contributed by atoms with Gasteiger partial charge >= 0.3 is 0 Å². The number of hydrogen-bond acceptors (Lipinski definition) is 6. The molecule has 2 aromatic carbocycles. The number of aromatic nitrogens is 4. The molecule has 1 aliphatic heterocycles. The predicted molar refractivity (Wildman–Crippen MR) is 126 cm³/mol. The summed E-state index contributed by atoms with van der Waals surface area (Å²) in [4.78, 5) is 9.85. The number of rotatable bonds is 7. The molecule has 0 aliphatic carbocycles. The number of aryl methyl sites for hydroxylation is 1. The highest BCUT2D eigenvalue weighted by molar-refractivity contribution is 5.82. The highest BCUT2D eigenvalue weighted by atomic mass is 15.3. The molecule has 0 atom stereocenters. The Labute approximate surface area is 182 Å². The van der Waals surface area contributed by atoms with Crippen molar-refractivity contribution in [3.8, 4) is 0 Å². The number of para-hydroxylation sites is 3. The van der Waals surface area contributed by atoms with Crippen LogP contribution in [0.15, 0.2) is 54.6 Å². The average molecular weight is 416 g/mol. The fraction of sp³-hybridized carbons (Fsp3) is 0.375. The lowest BCUT2D eigenvalue weighted by molar-refractivity contribution is 0.257. The number of piperazine rings is 1. The van der Waals surface area contributed by atoms with E-state index in [0.717, 1.165) is 80.4 Å². The fourth-order valence-corrected chi connectivity index (χ4v) is 4.37. The van der Waals surface area contributed by atoms with Crippen molar-refractivity contribution in [2.75, 3.05) is 49.5 Å². The monoisotopic (exact) mass is 415 g/mol. The first kappa shape index (κ1) is 19.8. The molecule has 0 unspecified atom stereocenters. The summed E-state index contributed by atoms with van der Waals surface area (Å²) in [6, 6.07) is 18.9. The van der Waals surface area contributed by atoms with Gasteiger partial charge < -0.3 is 10.2 Å². The second kappa shape index (κ2) is 8.89. The van der Waals surface area contributed by atoms with Gasteiger partial charge in [0.25, 0.3) is 0 Å². The van der Waals surface area contributed by atoms with Crippen LogP contribution in [0.2, 0.25) is 0 Å². The molecule has 1 aliphatic rings. The van der Waals surface area contributed by atoms with E-state index in [4.69, 9.17) is 4.98 Å². The summed E-state index contributed by atoms with van der Waals surface area (Å²) in [5, 5.41) is 12.3. The van der Waals surface area contributed by atoms with E-state index in [1.807, 2.05) is 18.2 Å². The van der Waals surface area contributed by atoms with E-state index >= 15 is 0 Å². The van der Waals surface area contributed by atoms with Gasteiger partial charge in [0, 0.05) is 44.8 Å². The standard InChI is InChI=1S/C24H29N7/c1-2-22-27-28-24-23(26-20-11-6-7-12-21(20)31(22)24)25-13-8-14-29-15-17-30(18-16-29)19-9-4-3-5-10-19/h3-7,9-12H,2,8,13-18H2,1H3,(H,25,26). The molecule has 4 aromatic rings. The Kier molecular flexibility index (Phi) is 5.67. The summed E-state index contributed by atoms with van der Waals surface area (Å²) in [5.41, 5.74) is 4.16. The molecule has 5 rings (SSSR count). The number of nitrogens with one attached hydrogen (secondary N) is 1. The molecule has 0 saturated carbocycles. The second-order valence-electron chi connectivity index (χ2n) is 8.02. The maximum atomic E-state index is 4.82. The van der Waals surface area contributed by atoms with Gasteiger partial charge in [-0.25, -0.2) is 4.98 Å². The molecule has 0 amide bonds. The van der Waals surface area contributed by atoms with Crippen LogP contribution in [-0.4, -0.2) is 63.8 Å². The maximum absolute atomic E-state index is 4.82. The predicted octanol–water partition coefficient (Wildman–Crippen LogP) is 3.46. The first-order valence-corrected chi connectivity index (χ1v) is 11.2. The lowest BCUT2D eigenvalue weighted by Gasteiger charge is -2.36. The largest absolute Gasteiger partial charge is 0.369 e. The van der Waals surface area contributed by atoms with Crippen LogP contribution in [0, 0.1) is 0 Å². The SMILES string of the molecule is CCc1nnc2c(NCCCN3CCN(c4ccccc4)CC3)nc3ccccc3n12. The second-order valence-corrected chi connectivity index (χ2v) is 8.02. The third-order valence-corrected chi connectivity index (χ3v) is 6.05. The molecule has 1 N–H and O–H groups in total.